The molecule has 0 bridgehead atoms. The van der Waals surface area contributed by atoms with Gasteiger partial charge in [-0.05, 0) is 25.7 Å². The van der Waals surface area contributed by atoms with Crippen molar-refractivity contribution in [1.29, 1.82) is 0 Å². The summed E-state index contributed by atoms with van der Waals surface area (Å²) < 4.78 is 0. The van der Waals surface area contributed by atoms with Crippen molar-refractivity contribution in [2.24, 2.45) is 5.92 Å². The van der Waals surface area contributed by atoms with E-state index in [0.29, 0.717) is 24.8 Å². The average molecular weight is 212 g/mol. The maximum atomic E-state index is 10.8. The fourth-order valence-electron chi connectivity index (χ4n) is 1.81. The van der Waals surface area contributed by atoms with Gasteiger partial charge in [0, 0.05) is 5.57 Å². The Morgan fingerprint density at radius 2 is 1.93 bits per heavy atom. The Morgan fingerprint density at radius 3 is 2.53 bits per heavy atom. The van der Waals surface area contributed by atoms with Crippen molar-refractivity contribution in [3.8, 4) is 0 Å². The molecule has 2 N–H and O–H groups in total. The molecule has 0 aliphatic heterocycles. The molecule has 0 saturated heterocycles. The predicted octanol–water partition coefficient (Wildman–Crippen LogP) is 2.05. The van der Waals surface area contributed by atoms with E-state index in [9.17, 15) is 9.59 Å². The number of allylic oxidation sites excluding steroid dienone is 1. The van der Waals surface area contributed by atoms with E-state index in [1.54, 1.807) is 6.08 Å². The fourth-order valence-corrected chi connectivity index (χ4v) is 1.81. The van der Waals surface area contributed by atoms with Gasteiger partial charge in [-0.2, -0.15) is 0 Å². The second kappa shape index (κ2) is 5.53. The van der Waals surface area contributed by atoms with E-state index in [0.717, 1.165) is 19.3 Å². The van der Waals surface area contributed by atoms with Crippen molar-refractivity contribution < 1.29 is 19.8 Å². The van der Waals surface area contributed by atoms with E-state index in [4.69, 9.17) is 10.2 Å². The van der Waals surface area contributed by atoms with Crippen LogP contribution in [0, 0.1) is 5.92 Å². The summed E-state index contributed by atoms with van der Waals surface area (Å²) in [5.41, 5.74) is 0.364. The van der Waals surface area contributed by atoms with E-state index in [-0.39, 0.29) is 0 Å². The molecular weight excluding hydrogens is 196 g/mol. The normalized spacial score (nSPS) is 26.7. The van der Waals surface area contributed by atoms with Crippen LogP contribution in [-0.4, -0.2) is 22.2 Å². The molecule has 0 aromatic rings. The maximum absolute atomic E-state index is 10.8. The highest BCUT2D eigenvalue weighted by Crippen LogP contribution is 2.21. The summed E-state index contributed by atoms with van der Waals surface area (Å²) in [5, 5.41) is 17.8. The van der Waals surface area contributed by atoms with Crippen LogP contribution < -0.4 is 0 Å². The zero-order valence-corrected chi connectivity index (χ0v) is 8.61. The third-order valence-corrected chi connectivity index (χ3v) is 2.77. The Kier molecular flexibility index (Phi) is 4.34. The van der Waals surface area contributed by atoms with Gasteiger partial charge in [-0.15, -0.1) is 0 Å². The maximum Gasteiger partial charge on any atom is 0.331 e. The zero-order valence-electron chi connectivity index (χ0n) is 8.61. The molecule has 4 heteroatoms. The largest absolute Gasteiger partial charge is 0.481 e. The number of carbonyl (C=O) groups is 2. The van der Waals surface area contributed by atoms with Gasteiger partial charge in [0.25, 0.3) is 0 Å². The molecule has 1 unspecified atom stereocenters. The minimum Gasteiger partial charge on any atom is -0.481 e. The Balaban J connectivity index is 2.70. The molecule has 0 heterocycles. The monoisotopic (exact) mass is 212 g/mol. The number of carboxylic acid groups (broad SMARTS) is 2. The molecule has 0 saturated carbocycles. The van der Waals surface area contributed by atoms with Crippen LogP contribution in [0.15, 0.2) is 11.6 Å². The molecule has 15 heavy (non-hydrogen) atoms. The summed E-state index contributed by atoms with van der Waals surface area (Å²) >= 11 is 0. The molecule has 1 aliphatic rings. The smallest absolute Gasteiger partial charge is 0.331 e. The highest BCUT2D eigenvalue weighted by molar-refractivity contribution is 5.86. The zero-order chi connectivity index (χ0) is 11.3. The highest BCUT2D eigenvalue weighted by atomic mass is 16.4. The van der Waals surface area contributed by atoms with E-state index >= 15 is 0 Å². The number of rotatable bonds is 2. The molecule has 4 nitrogen and oxygen atoms in total. The lowest BCUT2D eigenvalue weighted by atomic mass is 9.98. The van der Waals surface area contributed by atoms with Crippen LogP contribution >= 0.6 is 0 Å². The van der Waals surface area contributed by atoms with Gasteiger partial charge in [0.05, 0.1) is 5.92 Å². The molecule has 0 amide bonds. The molecule has 1 atom stereocenters. The first-order valence-corrected chi connectivity index (χ1v) is 5.26. The number of hydrogen-bond donors (Lipinski definition) is 2. The average Bonchev–Trinajstić information content (AvgIpc) is 2.27. The Labute approximate surface area is 88.6 Å². The molecule has 0 aromatic carbocycles. The topological polar surface area (TPSA) is 74.6 Å². The van der Waals surface area contributed by atoms with E-state index in [1.165, 1.54) is 0 Å². The molecule has 0 aromatic heterocycles. The summed E-state index contributed by atoms with van der Waals surface area (Å²) in [6.07, 6.45) is 5.75. The standard InChI is InChI=1S/C11H16O4/c12-10(13)8-4-2-1-3-5-9(7-6-8)11(14)15/h6,9H,1-5,7H2,(H,12,13)(H,14,15)/b8-6+. The summed E-state index contributed by atoms with van der Waals surface area (Å²) in [4.78, 5) is 21.6. The lowest BCUT2D eigenvalue weighted by Gasteiger charge is -2.07. The number of carboxylic acids is 2. The van der Waals surface area contributed by atoms with Crippen molar-refractivity contribution in [2.75, 3.05) is 0 Å². The molecule has 84 valence electrons. The van der Waals surface area contributed by atoms with Crippen molar-refractivity contribution in [3.63, 3.8) is 0 Å². The fraction of sp³-hybridized carbons (Fsp3) is 0.636. The van der Waals surface area contributed by atoms with Gasteiger partial charge in [0.15, 0.2) is 0 Å². The van der Waals surface area contributed by atoms with Crippen LogP contribution in [-0.2, 0) is 9.59 Å². The second-order valence-corrected chi connectivity index (χ2v) is 3.90. The van der Waals surface area contributed by atoms with Crippen LogP contribution in [0.25, 0.3) is 0 Å². The van der Waals surface area contributed by atoms with Crippen LogP contribution in [0.5, 0.6) is 0 Å². The van der Waals surface area contributed by atoms with Crippen LogP contribution in [0.4, 0.5) is 0 Å². The van der Waals surface area contributed by atoms with Crippen molar-refractivity contribution in [1.82, 2.24) is 0 Å². The summed E-state index contributed by atoms with van der Waals surface area (Å²) in [5.74, 6) is -2.16. The Bertz CT molecular complexity index is 280. The lowest BCUT2D eigenvalue weighted by molar-refractivity contribution is -0.142. The van der Waals surface area contributed by atoms with Crippen molar-refractivity contribution in [2.45, 2.75) is 38.5 Å². The molecular formula is C11H16O4. The van der Waals surface area contributed by atoms with Crippen molar-refractivity contribution >= 4 is 11.9 Å². The van der Waals surface area contributed by atoms with Gasteiger partial charge < -0.3 is 10.2 Å². The van der Waals surface area contributed by atoms with E-state index < -0.39 is 17.9 Å². The minimum absolute atomic E-state index is 0.344. The third-order valence-electron chi connectivity index (χ3n) is 2.77. The molecule has 0 spiro atoms. The first-order valence-electron chi connectivity index (χ1n) is 5.26. The first-order chi connectivity index (χ1) is 7.11. The summed E-state index contributed by atoms with van der Waals surface area (Å²) in [6, 6.07) is 0. The summed E-state index contributed by atoms with van der Waals surface area (Å²) in [7, 11) is 0. The van der Waals surface area contributed by atoms with Gasteiger partial charge in [0.1, 0.15) is 0 Å². The first kappa shape index (κ1) is 11.8. The van der Waals surface area contributed by atoms with Crippen LogP contribution in [0.1, 0.15) is 38.5 Å². The van der Waals surface area contributed by atoms with Crippen LogP contribution in [0.2, 0.25) is 0 Å². The molecule has 1 aliphatic carbocycles. The molecule has 1 rings (SSSR count). The van der Waals surface area contributed by atoms with E-state index in [1.807, 2.05) is 0 Å². The van der Waals surface area contributed by atoms with Gasteiger partial charge in [-0.25, -0.2) is 4.79 Å². The second-order valence-electron chi connectivity index (χ2n) is 3.90. The SMILES string of the molecule is O=C(O)/C1=C/CC(C(=O)O)CCCCC1. The van der Waals surface area contributed by atoms with Crippen molar-refractivity contribution in [3.05, 3.63) is 11.6 Å². The predicted molar refractivity (Wildman–Crippen MR) is 54.5 cm³/mol. The lowest BCUT2D eigenvalue weighted by Crippen LogP contribution is -2.12. The quantitative estimate of drug-likeness (QED) is 0.734. The summed E-state index contributed by atoms with van der Waals surface area (Å²) in [6.45, 7) is 0. The van der Waals surface area contributed by atoms with Gasteiger partial charge in [-0.1, -0.05) is 18.9 Å². The van der Waals surface area contributed by atoms with Gasteiger partial charge in [-0.3, -0.25) is 4.79 Å². The highest BCUT2D eigenvalue weighted by Gasteiger charge is 2.18. The van der Waals surface area contributed by atoms with Gasteiger partial charge in [0.2, 0.25) is 0 Å². The Morgan fingerprint density at radius 1 is 1.20 bits per heavy atom. The van der Waals surface area contributed by atoms with E-state index in [2.05, 4.69) is 0 Å². The van der Waals surface area contributed by atoms with Gasteiger partial charge >= 0.3 is 11.9 Å². The van der Waals surface area contributed by atoms with Crippen LogP contribution in [0.3, 0.4) is 0 Å². The third kappa shape index (κ3) is 3.73. The number of hydrogen-bond acceptors (Lipinski definition) is 2. The minimum atomic E-state index is -0.916. The Hall–Kier alpha value is -1.32. The molecule has 0 radical (unpaired) electrons. The number of aliphatic carboxylic acids is 2. The molecule has 0 fully saturated rings.